The van der Waals surface area contributed by atoms with Crippen LogP contribution in [0.15, 0.2) is 22.8 Å². The summed E-state index contributed by atoms with van der Waals surface area (Å²) in [4.78, 5) is 0. The molecule has 0 fully saturated rings. The summed E-state index contributed by atoms with van der Waals surface area (Å²) in [6.45, 7) is 0.274. The average molecular weight is 161 g/mol. The Balaban J connectivity index is 2.35. The lowest BCUT2D eigenvalue weighted by Gasteiger charge is -1.93. The van der Waals surface area contributed by atoms with Crippen LogP contribution in [0.25, 0.3) is 0 Å². The van der Waals surface area contributed by atoms with Crippen molar-refractivity contribution in [2.45, 2.75) is 6.54 Å². The molecule has 0 saturated heterocycles. The van der Waals surface area contributed by atoms with E-state index in [1.807, 2.05) is 0 Å². The molecular weight excluding hydrogens is 154 g/mol. The zero-order valence-corrected chi connectivity index (χ0v) is 5.93. The van der Waals surface area contributed by atoms with E-state index in [1.165, 1.54) is 6.26 Å². The molecule has 0 bridgehead atoms. The van der Waals surface area contributed by atoms with E-state index in [0.29, 0.717) is 5.76 Å². The zero-order valence-electron chi connectivity index (χ0n) is 5.11. The molecule has 56 valence electrons. The molecule has 5 heteroatoms. The molecule has 1 aromatic rings. The van der Waals surface area contributed by atoms with Crippen LogP contribution in [0.3, 0.4) is 0 Å². The van der Waals surface area contributed by atoms with Gasteiger partial charge in [0.25, 0.3) is 0 Å². The maximum atomic E-state index is 10.1. The minimum absolute atomic E-state index is 0.274. The Morgan fingerprint density at radius 2 is 2.60 bits per heavy atom. The summed E-state index contributed by atoms with van der Waals surface area (Å²) in [6, 6.07) is 3.44. The molecule has 1 heterocycles. The van der Waals surface area contributed by atoms with Crippen molar-refractivity contribution in [3.63, 3.8) is 0 Å². The first kappa shape index (κ1) is 7.46. The van der Waals surface area contributed by atoms with Crippen LogP contribution in [-0.2, 0) is 17.8 Å². The molecule has 10 heavy (non-hydrogen) atoms. The first-order valence-corrected chi connectivity index (χ1v) is 3.76. The van der Waals surface area contributed by atoms with Crippen LogP contribution in [-0.4, -0.2) is 8.76 Å². The smallest absolute Gasteiger partial charge is 0.232 e. The van der Waals surface area contributed by atoms with Gasteiger partial charge in [-0.15, -0.1) is 0 Å². The van der Waals surface area contributed by atoms with Gasteiger partial charge in [0.15, 0.2) is 0 Å². The van der Waals surface area contributed by atoms with Crippen molar-refractivity contribution < 1.29 is 13.2 Å². The van der Waals surface area contributed by atoms with E-state index >= 15 is 0 Å². The van der Waals surface area contributed by atoms with E-state index < -0.39 is 11.3 Å². The molecular formula is C5H7NO3S. The molecule has 0 aliphatic heterocycles. The first-order chi connectivity index (χ1) is 4.79. The lowest BCUT2D eigenvalue weighted by molar-refractivity contribution is 0.493. The van der Waals surface area contributed by atoms with Crippen molar-refractivity contribution in [3.8, 4) is 0 Å². The van der Waals surface area contributed by atoms with Crippen molar-refractivity contribution >= 4 is 11.3 Å². The van der Waals surface area contributed by atoms with Gasteiger partial charge >= 0.3 is 0 Å². The summed E-state index contributed by atoms with van der Waals surface area (Å²) in [5, 5.41) is 0. The number of nitrogens with one attached hydrogen (secondary N) is 1. The van der Waals surface area contributed by atoms with Crippen LogP contribution in [0.2, 0.25) is 0 Å². The summed E-state index contributed by atoms with van der Waals surface area (Å²) >= 11 is -1.96. The van der Waals surface area contributed by atoms with E-state index in [4.69, 9.17) is 8.97 Å². The predicted octanol–water partition coefficient (Wildman–Crippen LogP) is 0.506. The maximum absolute atomic E-state index is 10.1. The fourth-order valence-electron chi connectivity index (χ4n) is 0.546. The highest BCUT2D eigenvalue weighted by atomic mass is 32.2. The minimum Gasteiger partial charge on any atom is -0.468 e. The van der Waals surface area contributed by atoms with Crippen LogP contribution >= 0.6 is 0 Å². The fraction of sp³-hybridized carbons (Fsp3) is 0.200. The Morgan fingerprint density at radius 1 is 1.80 bits per heavy atom. The van der Waals surface area contributed by atoms with E-state index in [-0.39, 0.29) is 6.54 Å². The number of furan rings is 1. The SMILES string of the molecule is O=S(O)NCc1ccco1. The van der Waals surface area contributed by atoms with E-state index in [0.717, 1.165) is 0 Å². The molecule has 1 atom stereocenters. The maximum Gasteiger partial charge on any atom is 0.232 e. The van der Waals surface area contributed by atoms with Crippen LogP contribution < -0.4 is 4.72 Å². The van der Waals surface area contributed by atoms with Crippen LogP contribution in [0.4, 0.5) is 0 Å². The molecule has 2 N–H and O–H groups in total. The molecule has 0 spiro atoms. The summed E-state index contributed by atoms with van der Waals surface area (Å²) in [7, 11) is 0. The second-order valence-electron chi connectivity index (χ2n) is 1.65. The molecule has 0 amide bonds. The third-order valence-electron chi connectivity index (χ3n) is 0.950. The molecule has 1 rings (SSSR count). The van der Waals surface area contributed by atoms with Crippen molar-refractivity contribution in [3.05, 3.63) is 24.2 Å². The molecule has 0 radical (unpaired) electrons. The topological polar surface area (TPSA) is 62.5 Å². The van der Waals surface area contributed by atoms with Crippen molar-refractivity contribution in [1.29, 1.82) is 0 Å². The average Bonchev–Trinajstić information content (AvgIpc) is 2.34. The quantitative estimate of drug-likeness (QED) is 0.635. The van der Waals surface area contributed by atoms with Gasteiger partial charge in [-0.05, 0) is 12.1 Å². The lowest BCUT2D eigenvalue weighted by Crippen LogP contribution is -2.14. The van der Waals surface area contributed by atoms with Crippen LogP contribution in [0.5, 0.6) is 0 Å². The molecule has 1 aromatic heterocycles. The van der Waals surface area contributed by atoms with Crippen molar-refractivity contribution in [2.75, 3.05) is 0 Å². The van der Waals surface area contributed by atoms with Gasteiger partial charge in [0, 0.05) is 0 Å². The highest BCUT2D eigenvalue weighted by Gasteiger charge is 1.95. The molecule has 0 saturated carbocycles. The number of rotatable bonds is 3. The van der Waals surface area contributed by atoms with Gasteiger partial charge in [-0.1, -0.05) is 0 Å². The van der Waals surface area contributed by atoms with Gasteiger partial charge in [0.1, 0.15) is 5.76 Å². The summed E-state index contributed by atoms with van der Waals surface area (Å²) < 4.78 is 25.5. The van der Waals surface area contributed by atoms with Crippen LogP contribution in [0, 0.1) is 0 Å². The minimum atomic E-state index is -1.96. The molecule has 1 unspecified atom stereocenters. The Labute approximate surface area is 60.7 Å². The Hall–Kier alpha value is -0.650. The third-order valence-corrected chi connectivity index (χ3v) is 1.34. The summed E-state index contributed by atoms with van der Waals surface area (Å²) in [5.74, 6) is 0.641. The largest absolute Gasteiger partial charge is 0.468 e. The highest BCUT2D eigenvalue weighted by Crippen LogP contribution is 1.97. The number of hydrogen-bond donors (Lipinski definition) is 2. The summed E-state index contributed by atoms with van der Waals surface area (Å²) in [5.41, 5.74) is 0. The second-order valence-corrected chi connectivity index (χ2v) is 2.44. The first-order valence-electron chi connectivity index (χ1n) is 2.66. The standard InChI is InChI=1S/C5H7NO3S/c7-10(8)6-4-5-2-1-3-9-5/h1-3,6H,4H2,(H,7,8). The second kappa shape index (κ2) is 3.50. The van der Waals surface area contributed by atoms with Gasteiger partial charge in [0.2, 0.25) is 11.3 Å². The van der Waals surface area contributed by atoms with Gasteiger partial charge < -0.3 is 4.42 Å². The molecule has 0 aliphatic carbocycles. The molecule has 0 aromatic carbocycles. The zero-order chi connectivity index (χ0) is 7.40. The summed E-state index contributed by atoms with van der Waals surface area (Å²) in [6.07, 6.45) is 1.51. The van der Waals surface area contributed by atoms with Crippen molar-refractivity contribution in [2.24, 2.45) is 0 Å². The lowest BCUT2D eigenvalue weighted by atomic mass is 10.5. The van der Waals surface area contributed by atoms with E-state index in [2.05, 4.69) is 4.72 Å². The number of hydrogen-bond acceptors (Lipinski definition) is 2. The highest BCUT2D eigenvalue weighted by molar-refractivity contribution is 7.77. The van der Waals surface area contributed by atoms with E-state index in [1.54, 1.807) is 12.1 Å². The monoisotopic (exact) mass is 161 g/mol. The Morgan fingerprint density at radius 3 is 3.10 bits per heavy atom. The van der Waals surface area contributed by atoms with E-state index in [9.17, 15) is 4.21 Å². The Kier molecular flexibility index (Phi) is 2.61. The van der Waals surface area contributed by atoms with Gasteiger partial charge in [0.05, 0.1) is 12.8 Å². The Bertz CT molecular complexity index is 209. The normalized spacial score (nSPS) is 13.3. The van der Waals surface area contributed by atoms with Gasteiger partial charge in [-0.25, -0.2) is 8.93 Å². The van der Waals surface area contributed by atoms with Gasteiger partial charge in [-0.3, -0.25) is 4.55 Å². The third kappa shape index (κ3) is 2.30. The molecule has 4 nitrogen and oxygen atoms in total. The van der Waals surface area contributed by atoms with Crippen molar-refractivity contribution in [1.82, 2.24) is 4.72 Å². The van der Waals surface area contributed by atoms with Gasteiger partial charge in [-0.2, -0.15) is 0 Å². The fourth-order valence-corrected chi connectivity index (χ4v) is 0.812. The molecule has 0 aliphatic rings. The predicted molar refractivity (Wildman–Crippen MR) is 36.3 cm³/mol. The van der Waals surface area contributed by atoms with Crippen LogP contribution in [0.1, 0.15) is 5.76 Å².